The Morgan fingerprint density at radius 2 is 1.93 bits per heavy atom. The second-order valence-electron chi connectivity index (χ2n) is 6.51. The second-order valence-corrected chi connectivity index (χ2v) is 6.92. The van der Waals surface area contributed by atoms with Gasteiger partial charge in [-0.1, -0.05) is 29.8 Å². The molecule has 2 aromatic carbocycles. The Balaban J connectivity index is 1.70. The molecule has 0 fully saturated rings. The van der Waals surface area contributed by atoms with Crippen LogP contribution in [0.25, 0.3) is 0 Å². The van der Waals surface area contributed by atoms with Gasteiger partial charge >= 0.3 is 5.97 Å². The molecule has 0 radical (unpaired) electrons. The first kappa shape index (κ1) is 19.5. The van der Waals surface area contributed by atoms with Crippen LogP contribution in [-0.2, 0) is 4.79 Å². The molecule has 0 bridgehead atoms. The van der Waals surface area contributed by atoms with Crippen LogP contribution >= 0.6 is 11.6 Å². The van der Waals surface area contributed by atoms with Crippen LogP contribution in [0, 0.1) is 0 Å². The number of allylic oxidation sites excluding steroid dienone is 1. The van der Waals surface area contributed by atoms with E-state index in [9.17, 15) is 14.7 Å². The van der Waals surface area contributed by atoms with E-state index in [0.29, 0.717) is 22.0 Å². The Morgan fingerprint density at radius 3 is 2.60 bits per heavy atom. The normalized spacial score (nSPS) is 14.9. The van der Waals surface area contributed by atoms with Crippen LogP contribution in [0.3, 0.4) is 0 Å². The number of halogens is 1. The van der Waals surface area contributed by atoms with Crippen LogP contribution in [0.1, 0.15) is 22.0 Å². The molecule has 2 heterocycles. The van der Waals surface area contributed by atoms with Gasteiger partial charge in [0.25, 0.3) is 5.91 Å². The number of nitrogens with zero attached hydrogens (tertiary/aromatic N) is 2. The maximum absolute atomic E-state index is 12.9. The summed E-state index contributed by atoms with van der Waals surface area (Å²) in [5.41, 5.74) is 1.38. The Hall–Kier alpha value is -3.78. The number of carbonyl (C=O) groups excluding carboxylic acids is 1. The van der Waals surface area contributed by atoms with Crippen molar-refractivity contribution in [2.45, 2.75) is 6.04 Å². The molecule has 1 aliphatic heterocycles. The number of carbonyl (C=O) groups is 2. The van der Waals surface area contributed by atoms with Crippen LogP contribution in [0.5, 0.6) is 5.75 Å². The highest BCUT2D eigenvalue weighted by Gasteiger charge is 2.30. The van der Waals surface area contributed by atoms with Gasteiger partial charge in [-0.2, -0.15) is 5.10 Å². The molecule has 30 heavy (non-hydrogen) atoms. The number of benzene rings is 2. The molecule has 0 saturated heterocycles. The molecular formula is C21H17ClN4O4. The summed E-state index contributed by atoms with van der Waals surface area (Å²) in [6.45, 7) is 0. The highest BCUT2D eigenvalue weighted by molar-refractivity contribution is 6.31. The van der Waals surface area contributed by atoms with Crippen molar-refractivity contribution >= 4 is 35.0 Å². The smallest absolute Gasteiger partial charge is 0.352 e. The van der Waals surface area contributed by atoms with Gasteiger partial charge in [0.1, 0.15) is 28.9 Å². The molecule has 0 spiro atoms. The molecule has 1 atom stereocenters. The summed E-state index contributed by atoms with van der Waals surface area (Å²) in [6.07, 6.45) is 2.90. The second kappa shape index (κ2) is 7.92. The molecular weight excluding hydrogens is 408 g/mol. The number of amides is 1. The summed E-state index contributed by atoms with van der Waals surface area (Å²) in [6, 6.07) is 13.4. The van der Waals surface area contributed by atoms with E-state index < -0.39 is 17.9 Å². The number of carboxylic acids is 1. The molecule has 9 heteroatoms. The van der Waals surface area contributed by atoms with Crippen molar-refractivity contribution in [1.82, 2.24) is 9.78 Å². The summed E-state index contributed by atoms with van der Waals surface area (Å²) in [5.74, 6) is -0.651. The third-order valence-corrected chi connectivity index (χ3v) is 5.03. The van der Waals surface area contributed by atoms with Crippen molar-refractivity contribution in [3.63, 3.8) is 0 Å². The first-order valence-electron chi connectivity index (χ1n) is 8.97. The van der Waals surface area contributed by atoms with Crippen molar-refractivity contribution in [3.05, 3.63) is 82.7 Å². The fourth-order valence-electron chi connectivity index (χ4n) is 3.20. The first-order chi connectivity index (χ1) is 14.5. The molecule has 1 amide bonds. The zero-order chi connectivity index (χ0) is 21.3. The molecule has 0 aliphatic carbocycles. The number of rotatable bonds is 5. The zero-order valence-corrected chi connectivity index (χ0v) is 16.6. The lowest BCUT2D eigenvalue weighted by Gasteiger charge is -2.25. The lowest BCUT2D eigenvalue weighted by Crippen LogP contribution is -2.25. The van der Waals surface area contributed by atoms with Crippen molar-refractivity contribution in [3.8, 4) is 5.75 Å². The summed E-state index contributed by atoms with van der Waals surface area (Å²) in [7, 11) is 1.56. The van der Waals surface area contributed by atoms with E-state index in [0.717, 1.165) is 0 Å². The van der Waals surface area contributed by atoms with Crippen LogP contribution in [0.15, 0.2) is 66.5 Å². The van der Waals surface area contributed by atoms with Gasteiger partial charge in [-0.25, -0.2) is 9.48 Å². The SMILES string of the molecule is COc1ccc(NC(=O)c2cnn3c2NC(C(=O)O)=CC3c2ccccc2Cl)cc1. The molecule has 1 unspecified atom stereocenters. The minimum atomic E-state index is -1.15. The number of aliphatic carboxylic acids is 1. The third-order valence-electron chi connectivity index (χ3n) is 4.68. The quantitative estimate of drug-likeness (QED) is 0.575. The third kappa shape index (κ3) is 3.60. The summed E-state index contributed by atoms with van der Waals surface area (Å²) >= 11 is 6.33. The standard InChI is InChI=1S/C21H17ClN4O4/c1-30-13-8-6-12(7-9-13)24-20(27)15-11-23-26-18(14-4-2-3-5-16(14)22)10-17(21(28)29)25-19(15)26/h2-11,18,25H,1H3,(H,24,27)(H,28,29). The number of anilines is 2. The van der Waals surface area contributed by atoms with E-state index in [2.05, 4.69) is 15.7 Å². The van der Waals surface area contributed by atoms with Crippen molar-refractivity contribution in [2.75, 3.05) is 17.7 Å². The number of aromatic nitrogens is 2. The lowest BCUT2D eigenvalue weighted by atomic mass is 10.0. The molecule has 1 aliphatic rings. The highest BCUT2D eigenvalue weighted by Crippen LogP contribution is 2.35. The number of carboxylic acid groups (broad SMARTS) is 1. The highest BCUT2D eigenvalue weighted by atomic mass is 35.5. The van der Waals surface area contributed by atoms with E-state index in [1.54, 1.807) is 55.6 Å². The maximum Gasteiger partial charge on any atom is 0.352 e. The van der Waals surface area contributed by atoms with Crippen LogP contribution < -0.4 is 15.4 Å². The van der Waals surface area contributed by atoms with E-state index in [4.69, 9.17) is 16.3 Å². The minimum absolute atomic E-state index is 0.0635. The molecule has 4 rings (SSSR count). The van der Waals surface area contributed by atoms with Crippen LogP contribution in [0.2, 0.25) is 5.02 Å². The number of hydrogen-bond donors (Lipinski definition) is 3. The largest absolute Gasteiger partial charge is 0.497 e. The minimum Gasteiger partial charge on any atom is -0.497 e. The molecule has 3 aromatic rings. The van der Waals surface area contributed by atoms with Gasteiger partial charge in [0.05, 0.1) is 13.3 Å². The number of nitrogens with one attached hydrogen (secondary N) is 2. The molecule has 0 saturated carbocycles. The van der Waals surface area contributed by atoms with Crippen LogP contribution in [0.4, 0.5) is 11.5 Å². The Labute approximate surface area is 176 Å². The van der Waals surface area contributed by atoms with Gasteiger partial charge in [0.15, 0.2) is 0 Å². The van der Waals surface area contributed by atoms with Gasteiger partial charge < -0.3 is 20.5 Å². The Kier molecular flexibility index (Phi) is 5.16. The average Bonchev–Trinajstić information content (AvgIpc) is 3.18. The van der Waals surface area contributed by atoms with E-state index in [-0.39, 0.29) is 17.1 Å². The average molecular weight is 425 g/mol. The molecule has 8 nitrogen and oxygen atoms in total. The van der Waals surface area contributed by atoms with Crippen molar-refractivity contribution in [2.24, 2.45) is 0 Å². The number of hydrogen-bond acceptors (Lipinski definition) is 5. The van der Waals surface area contributed by atoms with Crippen molar-refractivity contribution in [1.29, 1.82) is 0 Å². The monoisotopic (exact) mass is 424 g/mol. The van der Waals surface area contributed by atoms with E-state index >= 15 is 0 Å². The van der Waals surface area contributed by atoms with Gasteiger partial charge in [-0.3, -0.25) is 4.79 Å². The lowest BCUT2D eigenvalue weighted by molar-refractivity contribution is -0.132. The van der Waals surface area contributed by atoms with Gasteiger partial charge in [-0.05, 0) is 42.0 Å². The fraction of sp³-hybridized carbons (Fsp3) is 0.0952. The van der Waals surface area contributed by atoms with E-state index in [1.807, 2.05) is 0 Å². The fourth-order valence-corrected chi connectivity index (χ4v) is 3.44. The first-order valence-corrected chi connectivity index (χ1v) is 9.35. The van der Waals surface area contributed by atoms with Crippen molar-refractivity contribution < 1.29 is 19.4 Å². The predicted octanol–water partition coefficient (Wildman–Crippen LogP) is 3.78. The van der Waals surface area contributed by atoms with Crippen LogP contribution in [-0.4, -0.2) is 33.9 Å². The number of methoxy groups -OCH3 is 1. The molecule has 152 valence electrons. The maximum atomic E-state index is 12.9. The van der Waals surface area contributed by atoms with Gasteiger partial charge in [-0.15, -0.1) is 0 Å². The number of fused-ring (bicyclic) bond motifs is 1. The predicted molar refractivity (Wildman–Crippen MR) is 112 cm³/mol. The van der Waals surface area contributed by atoms with Gasteiger partial charge in [0, 0.05) is 10.7 Å². The summed E-state index contributed by atoms with van der Waals surface area (Å²) in [4.78, 5) is 24.5. The molecule has 3 N–H and O–H groups in total. The Bertz CT molecular complexity index is 1150. The summed E-state index contributed by atoms with van der Waals surface area (Å²) in [5, 5.41) is 19.9. The zero-order valence-electron chi connectivity index (χ0n) is 15.8. The topological polar surface area (TPSA) is 105 Å². The molecule has 1 aromatic heterocycles. The van der Waals surface area contributed by atoms with E-state index in [1.165, 1.54) is 17.0 Å². The van der Waals surface area contributed by atoms with Gasteiger partial charge in [0.2, 0.25) is 0 Å². The summed E-state index contributed by atoms with van der Waals surface area (Å²) < 4.78 is 6.65. The Morgan fingerprint density at radius 1 is 1.20 bits per heavy atom. The number of ether oxygens (including phenoxy) is 1.